The molecule has 0 radical (unpaired) electrons. The van der Waals surface area contributed by atoms with Gasteiger partial charge in [0.2, 0.25) is 6.79 Å². The Balaban J connectivity index is 1.58. The highest BCUT2D eigenvalue weighted by Crippen LogP contribution is 2.32. The molecule has 26 heavy (non-hydrogen) atoms. The normalized spacial score (nSPS) is 11.7. The molecule has 0 atom stereocenters. The van der Waals surface area contributed by atoms with Gasteiger partial charge in [0.05, 0.1) is 10.5 Å². The third-order valence-corrected chi connectivity index (χ3v) is 3.63. The van der Waals surface area contributed by atoms with Crippen LogP contribution in [0.15, 0.2) is 36.4 Å². The first-order valence-corrected chi connectivity index (χ1v) is 7.56. The fourth-order valence-electron chi connectivity index (χ4n) is 2.32. The summed E-state index contributed by atoms with van der Waals surface area (Å²) in [5.41, 5.74) is 0.821. The van der Waals surface area contributed by atoms with Crippen molar-refractivity contribution in [1.29, 1.82) is 0 Å². The van der Waals surface area contributed by atoms with Crippen molar-refractivity contribution in [2.45, 2.75) is 6.92 Å². The van der Waals surface area contributed by atoms with Crippen molar-refractivity contribution in [2.75, 3.05) is 18.7 Å². The summed E-state index contributed by atoms with van der Waals surface area (Å²) in [5.74, 6) is -0.360. The second-order valence-electron chi connectivity index (χ2n) is 5.45. The van der Waals surface area contributed by atoms with Gasteiger partial charge in [0.25, 0.3) is 11.6 Å². The second kappa shape index (κ2) is 7.09. The van der Waals surface area contributed by atoms with Crippen LogP contribution in [0.5, 0.6) is 11.5 Å². The summed E-state index contributed by atoms with van der Waals surface area (Å²) in [7, 11) is 0. The Bertz CT molecular complexity index is 895. The molecule has 1 aliphatic rings. The number of amides is 1. The largest absolute Gasteiger partial charge is 0.454 e. The number of anilines is 1. The summed E-state index contributed by atoms with van der Waals surface area (Å²) in [6, 6.07) is 8.83. The number of fused-ring (bicyclic) bond motifs is 1. The zero-order valence-electron chi connectivity index (χ0n) is 13.7. The van der Waals surface area contributed by atoms with E-state index in [1.54, 1.807) is 13.0 Å². The van der Waals surface area contributed by atoms with Gasteiger partial charge >= 0.3 is 5.97 Å². The van der Waals surface area contributed by atoms with Gasteiger partial charge in [-0.25, -0.2) is 4.79 Å². The number of nitrogens with zero attached hydrogens (tertiary/aromatic N) is 1. The molecule has 1 amide bonds. The summed E-state index contributed by atoms with van der Waals surface area (Å²) < 4.78 is 15.3. The molecule has 0 unspecified atom stereocenters. The van der Waals surface area contributed by atoms with Gasteiger partial charge in [-0.2, -0.15) is 0 Å². The number of nitrogens with one attached hydrogen (secondary N) is 1. The molecule has 0 aromatic heterocycles. The molecular formula is C17H14N2O7. The zero-order valence-corrected chi connectivity index (χ0v) is 13.7. The van der Waals surface area contributed by atoms with Gasteiger partial charge in [-0.15, -0.1) is 0 Å². The number of hydrogen-bond donors (Lipinski definition) is 1. The third-order valence-electron chi connectivity index (χ3n) is 3.63. The molecule has 0 aliphatic carbocycles. The minimum absolute atomic E-state index is 0.0823. The molecule has 2 aromatic rings. The molecule has 1 aliphatic heterocycles. The van der Waals surface area contributed by atoms with Crippen LogP contribution in [0.1, 0.15) is 15.9 Å². The van der Waals surface area contributed by atoms with Crippen LogP contribution in [-0.2, 0) is 9.53 Å². The number of nitro benzene ring substituents is 1. The number of benzene rings is 2. The number of hydrogen-bond acceptors (Lipinski definition) is 7. The molecule has 9 nitrogen and oxygen atoms in total. The quantitative estimate of drug-likeness (QED) is 0.495. The highest BCUT2D eigenvalue weighted by atomic mass is 16.7. The van der Waals surface area contributed by atoms with E-state index in [0.29, 0.717) is 17.1 Å². The minimum Gasteiger partial charge on any atom is -0.454 e. The zero-order chi connectivity index (χ0) is 18.7. The first kappa shape index (κ1) is 17.2. The van der Waals surface area contributed by atoms with E-state index in [1.165, 1.54) is 30.3 Å². The van der Waals surface area contributed by atoms with E-state index >= 15 is 0 Å². The Labute approximate surface area is 147 Å². The van der Waals surface area contributed by atoms with Crippen molar-refractivity contribution in [3.8, 4) is 11.5 Å². The van der Waals surface area contributed by atoms with Gasteiger partial charge in [-0.3, -0.25) is 14.9 Å². The smallest absolute Gasteiger partial charge is 0.338 e. The van der Waals surface area contributed by atoms with Gasteiger partial charge in [-0.05, 0) is 31.2 Å². The lowest BCUT2D eigenvalue weighted by Crippen LogP contribution is -2.21. The van der Waals surface area contributed by atoms with Gasteiger partial charge in [0, 0.05) is 17.3 Å². The maximum absolute atomic E-state index is 12.0. The second-order valence-corrected chi connectivity index (χ2v) is 5.45. The van der Waals surface area contributed by atoms with Gasteiger partial charge in [0.1, 0.15) is 0 Å². The Kier molecular flexibility index (Phi) is 4.70. The minimum atomic E-state index is -0.701. The molecule has 1 heterocycles. The van der Waals surface area contributed by atoms with Crippen molar-refractivity contribution < 1.29 is 28.7 Å². The number of carbonyl (C=O) groups is 2. The van der Waals surface area contributed by atoms with Crippen LogP contribution in [0.2, 0.25) is 0 Å². The van der Waals surface area contributed by atoms with Gasteiger partial charge in [-0.1, -0.05) is 6.07 Å². The highest BCUT2D eigenvalue weighted by Gasteiger charge is 2.18. The van der Waals surface area contributed by atoms with E-state index in [0.717, 1.165) is 0 Å². The average Bonchev–Trinajstić information content (AvgIpc) is 3.08. The van der Waals surface area contributed by atoms with Crippen LogP contribution in [0.3, 0.4) is 0 Å². The predicted octanol–water partition coefficient (Wildman–Crippen LogP) is 2.43. The monoisotopic (exact) mass is 358 g/mol. The molecule has 0 saturated heterocycles. The topological polar surface area (TPSA) is 117 Å². The van der Waals surface area contributed by atoms with Crippen molar-refractivity contribution in [2.24, 2.45) is 0 Å². The van der Waals surface area contributed by atoms with E-state index in [-0.39, 0.29) is 23.7 Å². The number of ether oxygens (including phenoxy) is 3. The van der Waals surface area contributed by atoms with E-state index < -0.39 is 23.4 Å². The molecule has 0 saturated carbocycles. The van der Waals surface area contributed by atoms with E-state index in [2.05, 4.69) is 5.32 Å². The number of aryl methyl sites for hydroxylation is 1. The van der Waals surface area contributed by atoms with Crippen LogP contribution in [-0.4, -0.2) is 30.2 Å². The molecule has 9 heteroatoms. The first-order valence-electron chi connectivity index (χ1n) is 7.56. The number of esters is 1. The fourth-order valence-corrected chi connectivity index (χ4v) is 2.32. The first-order chi connectivity index (χ1) is 12.4. The summed E-state index contributed by atoms with van der Waals surface area (Å²) in [4.78, 5) is 34.3. The lowest BCUT2D eigenvalue weighted by molar-refractivity contribution is -0.385. The lowest BCUT2D eigenvalue weighted by Gasteiger charge is -2.08. The molecule has 0 fully saturated rings. The summed E-state index contributed by atoms with van der Waals surface area (Å²) in [5, 5.41) is 13.4. The molecule has 3 rings (SSSR count). The number of nitro groups is 1. The average molecular weight is 358 g/mol. The lowest BCUT2D eigenvalue weighted by atomic mass is 10.2. The van der Waals surface area contributed by atoms with Crippen molar-refractivity contribution in [1.82, 2.24) is 0 Å². The Morgan fingerprint density at radius 1 is 1.19 bits per heavy atom. The standard InChI is InChI=1S/C17H14N2O7/c1-10-2-4-12(7-13(10)19(22)23)18-16(20)8-24-17(21)11-3-5-14-15(6-11)26-9-25-14/h2-7H,8-9H2,1H3,(H,18,20). The van der Waals surface area contributed by atoms with E-state index in [1.807, 2.05) is 0 Å². The summed E-state index contributed by atoms with van der Waals surface area (Å²) in [6.45, 7) is 1.14. The van der Waals surface area contributed by atoms with Crippen molar-refractivity contribution >= 4 is 23.3 Å². The molecule has 1 N–H and O–H groups in total. The van der Waals surface area contributed by atoms with Gasteiger partial charge in [0.15, 0.2) is 18.1 Å². The Morgan fingerprint density at radius 2 is 1.96 bits per heavy atom. The van der Waals surface area contributed by atoms with Crippen LogP contribution < -0.4 is 14.8 Å². The molecular weight excluding hydrogens is 344 g/mol. The maximum Gasteiger partial charge on any atom is 0.338 e. The number of carbonyl (C=O) groups excluding carboxylic acids is 2. The maximum atomic E-state index is 12.0. The van der Waals surface area contributed by atoms with Gasteiger partial charge < -0.3 is 19.5 Å². The highest BCUT2D eigenvalue weighted by molar-refractivity contribution is 5.96. The molecule has 134 valence electrons. The van der Waals surface area contributed by atoms with Crippen LogP contribution >= 0.6 is 0 Å². The third kappa shape index (κ3) is 3.72. The molecule has 0 spiro atoms. The van der Waals surface area contributed by atoms with Crippen LogP contribution in [0.25, 0.3) is 0 Å². The molecule has 2 aromatic carbocycles. The number of rotatable bonds is 5. The Morgan fingerprint density at radius 3 is 2.73 bits per heavy atom. The molecule has 0 bridgehead atoms. The van der Waals surface area contributed by atoms with Crippen LogP contribution in [0.4, 0.5) is 11.4 Å². The van der Waals surface area contributed by atoms with E-state index in [4.69, 9.17) is 14.2 Å². The van der Waals surface area contributed by atoms with Crippen molar-refractivity contribution in [3.63, 3.8) is 0 Å². The SMILES string of the molecule is Cc1ccc(NC(=O)COC(=O)c2ccc3c(c2)OCO3)cc1[N+](=O)[O-]. The van der Waals surface area contributed by atoms with Crippen molar-refractivity contribution in [3.05, 3.63) is 57.6 Å². The summed E-state index contributed by atoms with van der Waals surface area (Å²) in [6.07, 6.45) is 0. The Hall–Kier alpha value is -3.62. The fraction of sp³-hybridized carbons (Fsp3) is 0.176. The predicted molar refractivity (Wildman–Crippen MR) is 89.3 cm³/mol. The summed E-state index contributed by atoms with van der Waals surface area (Å²) >= 11 is 0. The van der Waals surface area contributed by atoms with E-state index in [9.17, 15) is 19.7 Å². The van der Waals surface area contributed by atoms with Crippen LogP contribution in [0, 0.1) is 17.0 Å².